The molecule has 0 saturated heterocycles. The number of benzene rings is 1. The van der Waals surface area contributed by atoms with E-state index < -0.39 is 11.6 Å². The van der Waals surface area contributed by atoms with Crippen molar-refractivity contribution in [3.8, 4) is 0 Å². The van der Waals surface area contributed by atoms with Crippen molar-refractivity contribution < 1.29 is 5.11 Å². The Hall–Kier alpha value is -1.55. The molecule has 0 spiro atoms. The van der Waals surface area contributed by atoms with E-state index in [0.717, 1.165) is 5.69 Å². The van der Waals surface area contributed by atoms with Gasteiger partial charge in [-0.3, -0.25) is 0 Å². The molecule has 0 aliphatic rings. The van der Waals surface area contributed by atoms with Crippen LogP contribution in [0.2, 0.25) is 0 Å². The normalized spacial score (nSPS) is 14.6. The van der Waals surface area contributed by atoms with Crippen molar-refractivity contribution in [1.29, 1.82) is 0 Å². The van der Waals surface area contributed by atoms with E-state index in [9.17, 15) is 5.11 Å². The van der Waals surface area contributed by atoms with E-state index in [2.05, 4.69) is 10.3 Å². The number of aliphatic hydroxyl groups is 1. The first-order valence-corrected chi connectivity index (χ1v) is 5.27. The van der Waals surface area contributed by atoms with Gasteiger partial charge in [0.05, 0.1) is 11.6 Å². The Morgan fingerprint density at radius 1 is 1.38 bits per heavy atom. The summed E-state index contributed by atoms with van der Waals surface area (Å²) in [5, 5.41) is 12.5. The summed E-state index contributed by atoms with van der Waals surface area (Å²) in [6.07, 6.45) is -0.552. The van der Waals surface area contributed by atoms with Crippen LogP contribution in [0.1, 0.15) is 20.8 Å². The van der Waals surface area contributed by atoms with Gasteiger partial charge in [0.15, 0.2) is 5.96 Å². The summed E-state index contributed by atoms with van der Waals surface area (Å²) in [4.78, 5) is 4.24. The third kappa shape index (κ3) is 3.55. The zero-order valence-electron chi connectivity index (χ0n) is 9.94. The maximum Gasteiger partial charge on any atom is 0.193 e. The van der Waals surface area contributed by atoms with Crippen molar-refractivity contribution in [2.75, 3.05) is 5.32 Å². The van der Waals surface area contributed by atoms with Gasteiger partial charge in [0, 0.05) is 5.69 Å². The highest BCUT2D eigenvalue weighted by Crippen LogP contribution is 2.14. The molecule has 16 heavy (non-hydrogen) atoms. The quantitative estimate of drug-likeness (QED) is 0.536. The van der Waals surface area contributed by atoms with Crippen LogP contribution in [0.5, 0.6) is 0 Å². The van der Waals surface area contributed by atoms with Crippen LogP contribution < -0.4 is 11.1 Å². The number of guanidine groups is 1. The maximum atomic E-state index is 9.50. The second kappa shape index (κ2) is 4.99. The van der Waals surface area contributed by atoms with Gasteiger partial charge in [-0.15, -0.1) is 0 Å². The summed E-state index contributed by atoms with van der Waals surface area (Å²) in [5.74, 6) is 0.303. The van der Waals surface area contributed by atoms with Crippen molar-refractivity contribution in [3.05, 3.63) is 30.3 Å². The molecule has 1 aromatic carbocycles. The van der Waals surface area contributed by atoms with Crippen LogP contribution in [0.4, 0.5) is 5.69 Å². The molecular formula is C12H19N3O. The molecule has 4 nitrogen and oxygen atoms in total. The molecule has 1 atom stereocenters. The van der Waals surface area contributed by atoms with Crippen LogP contribution in [-0.4, -0.2) is 22.7 Å². The van der Waals surface area contributed by atoms with E-state index in [1.165, 1.54) is 0 Å². The lowest BCUT2D eigenvalue weighted by molar-refractivity contribution is 0.123. The van der Waals surface area contributed by atoms with E-state index in [0.29, 0.717) is 5.96 Å². The Morgan fingerprint density at radius 3 is 2.44 bits per heavy atom. The van der Waals surface area contributed by atoms with E-state index in [-0.39, 0.29) is 0 Å². The minimum Gasteiger partial charge on any atom is -0.391 e. The predicted molar refractivity (Wildman–Crippen MR) is 67.4 cm³/mol. The molecule has 0 aromatic heterocycles. The summed E-state index contributed by atoms with van der Waals surface area (Å²) in [5.41, 5.74) is 6.05. The number of hydrogen-bond donors (Lipinski definition) is 3. The average Bonchev–Trinajstić information content (AvgIpc) is 2.17. The molecule has 0 fully saturated rings. The van der Waals surface area contributed by atoms with Gasteiger partial charge in [-0.05, 0) is 32.9 Å². The number of para-hydroxylation sites is 1. The smallest absolute Gasteiger partial charge is 0.193 e. The average molecular weight is 221 g/mol. The Bertz CT molecular complexity index is 358. The molecule has 0 radical (unpaired) electrons. The molecule has 0 saturated carbocycles. The second-order valence-corrected chi connectivity index (χ2v) is 4.32. The van der Waals surface area contributed by atoms with Gasteiger partial charge in [0.25, 0.3) is 0 Å². The van der Waals surface area contributed by atoms with Crippen molar-refractivity contribution in [2.45, 2.75) is 32.4 Å². The van der Waals surface area contributed by atoms with Gasteiger partial charge in [-0.2, -0.15) is 0 Å². The number of rotatable bonds is 3. The number of nitrogens with one attached hydrogen (secondary N) is 1. The maximum absolute atomic E-state index is 9.50. The van der Waals surface area contributed by atoms with E-state index in [1.807, 2.05) is 44.2 Å². The Balaban J connectivity index is 2.72. The monoisotopic (exact) mass is 221 g/mol. The molecule has 0 aliphatic carbocycles. The summed E-state index contributed by atoms with van der Waals surface area (Å²) in [6.45, 7) is 5.35. The summed E-state index contributed by atoms with van der Waals surface area (Å²) in [7, 11) is 0. The van der Waals surface area contributed by atoms with Gasteiger partial charge in [0.2, 0.25) is 0 Å². The molecule has 0 heterocycles. The van der Waals surface area contributed by atoms with Gasteiger partial charge in [-0.25, -0.2) is 4.99 Å². The molecule has 88 valence electrons. The molecule has 1 rings (SSSR count). The minimum atomic E-state index is -0.591. The Labute approximate surface area is 96.2 Å². The third-order valence-electron chi connectivity index (χ3n) is 2.48. The van der Waals surface area contributed by atoms with Crippen molar-refractivity contribution >= 4 is 11.6 Å². The zero-order chi connectivity index (χ0) is 12.2. The van der Waals surface area contributed by atoms with Gasteiger partial charge >= 0.3 is 0 Å². The van der Waals surface area contributed by atoms with E-state index in [1.54, 1.807) is 6.92 Å². The van der Waals surface area contributed by atoms with Gasteiger partial charge in [-0.1, -0.05) is 18.2 Å². The van der Waals surface area contributed by atoms with Crippen molar-refractivity contribution in [3.63, 3.8) is 0 Å². The predicted octanol–water partition coefficient (Wildman–Crippen LogP) is 1.57. The number of hydrogen-bond acceptors (Lipinski definition) is 2. The molecule has 4 heteroatoms. The minimum absolute atomic E-state index is 0.303. The number of aliphatic hydroxyl groups excluding tert-OH is 1. The fourth-order valence-corrected chi connectivity index (χ4v) is 1.10. The first kappa shape index (κ1) is 12.5. The summed E-state index contributed by atoms with van der Waals surface area (Å²) < 4.78 is 0. The lowest BCUT2D eigenvalue weighted by atomic mass is 10.0. The lowest BCUT2D eigenvalue weighted by Crippen LogP contribution is -2.36. The first-order chi connectivity index (χ1) is 7.42. The lowest BCUT2D eigenvalue weighted by Gasteiger charge is -2.23. The van der Waals surface area contributed by atoms with Gasteiger partial charge in [0.1, 0.15) is 0 Å². The number of nitrogens with zero attached hydrogens (tertiary/aromatic N) is 1. The van der Waals surface area contributed by atoms with Crippen molar-refractivity contribution in [2.24, 2.45) is 10.7 Å². The highest BCUT2D eigenvalue weighted by atomic mass is 16.3. The summed E-state index contributed by atoms with van der Waals surface area (Å²) >= 11 is 0. The first-order valence-electron chi connectivity index (χ1n) is 5.27. The van der Waals surface area contributed by atoms with Crippen molar-refractivity contribution in [1.82, 2.24) is 0 Å². The van der Waals surface area contributed by atoms with Crippen LogP contribution in [0, 0.1) is 0 Å². The van der Waals surface area contributed by atoms with Crippen LogP contribution in [-0.2, 0) is 0 Å². The topological polar surface area (TPSA) is 70.6 Å². The SMILES string of the molecule is CC(O)C(C)(C)N=C(N)Nc1ccccc1. The third-order valence-corrected chi connectivity index (χ3v) is 2.48. The highest BCUT2D eigenvalue weighted by Gasteiger charge is 2.23. The standard InChI is InChI=1S/C12H19N3O/c1-9(16)12(2,3)15-11(13)14-10-7-5-4-6-8-10/h4-9,16H,1-3H3,(H3,13,14,15). The number of aliphatic imine (C=N–C) groups is 1. The van der Waals surface area contributed by atoms with Crippen LogP contribution in [0.3, 0.4) is 0 Å². The molecule has 0 bridgehead atoms. The molecular weight excluding hydrogens is 202 g/mol. The fourth-order valence-electron chi connectivity index (χ4n) is 1.10. The molecule has 4 N–H and O–H groups in total. The van der Waals surface area contributed by atoms with Crippen LogP contribution in [0.25, 0.3) is 0 Å². The Morgan fingerprint density at radius 2 is 1.94 bits per heavy atom. The second-order valence-electron chi connectivity index (χ2n) is 4.32. The number of nitrogens with two attached hydrogens (primary N) is 1. The molecule has 0 amide bonds. The van der Waals surface area contributed by atoms with E-state index in [4.69, 9.17) is 5.73 Å². The zero-order valence-corrected chi connectivity index (χ0v) is 9.94. The van der Waals surface area contributed by atoms with E-state index >= 15 is 0 Å². The fraction of sp³-hybridized carbons (Fsp3) is 0.417. The Kier molecular flexibility index (Phi) is 3.90. The molecule has 1 unspecified atom stereocenters. The number of anilines is 1. The molecule has 1 aromatic rings. The highest BCUT2D eigenvalue weighted by molar-refractivity contribution is 5.92. The largest absolute Gasteiger partial charge is 0.391 e. The molecule has 0 aliphatic heterocycles. The van der Waals surface area contributed by atoms with Gasteiger partial charge < -0.3 is 16.2 Å². The van der Waals surface area contributed by atoms with Crippen LogP contribution in [0.15, 0.2) is 35.3 Å². The van der Waals surface area contributed by atoms with Crippen LogP contribution >= 0.6 is 0 Å². The summed E-state index contributed by atoms with van der Waals surface area (Å²) in [6, 6.07) is 9.55.